The van der Waals surface area contributed by atoms with Crippen LogP contribution < -0.4 is 9.47 Å². The van der Waals surface area contributed by atoms with Crippen molar-refractivity contribution in [2.24, 2.45) is 0 Å². The van der Waals surface area contributed by atoms with E-state index in [-0.39, 0.29) is 11.9 Å². The Morgan fingerprint density at radius 1 is 1.10 bits per heavy atom. The highest BCUT2D eigenvalue weighted by atomic mass is 16.5. The van der Waals surface area contributed by atoms with Crippen molar-refractivity contribution >= 4 is 5.91 Å². The maximum absolute atomic E-state index is 12.2. The molecule has 1 unspecified atom stereocenters. The highest BCUT2D eigenvalue weighted by Gasteiger charge is 2.34. The fourth-order valence-corrected chi connectivity index (χ4v) is 3.06. The van der Waals surface area contributed by atoms with Gasteiger partial charge in [-0.05, 0) is 35.8 Å². The first-order valence-corrected chi connectivity index (χ1v) is 6.97. The lowest BCUT2D eigenvalue weighted by Crippen LogP contribution is -2.42. The van der Waals surface area contributed by atoms with E-state index in [0.29, 0.717) is 12.2 Å². The van der Waals surface area contributed by atoms with Crippen LogP contribution in [0, 0.1) is 0 Å². The van der Waals surface area contributed by atoms with Crippen LogP contribution in [0.5, 0.6) is 11.5 Å². The molecule has 2 aliphatic heterocycles. The number of nitrogens with zero attached hydrogens (tertiary/aromatic N) is 1. The SMILES string of the molecule is COC1=CC2c3cc(OC)c(OC)cc3CCN2C(=O)C1. The quantitative estimate of drug-likeness (QED) is 0.854. The summed E-state index contributed by atoms with van der Waals surface area (Å²) in [5.74, 6) is 2.25. The third-order valence-corrected chi connectivity index (χ3v) is 4.17. The molecule has 0 aromatic heterocycles. The van der Waals surface area contributed by atoms with E-state index in [2.05, 4.69) is 0 Å². The van der Waals surface area contributed by atoms with E-state index in [1.165, 1.54) is 5.56 Å². The maximum atomic E-state index is 12.2. The summed E-state index contributed by atoms with van der Waals surface area (Å²) in [5, 5.41) is 0. The van der Waals surface area contributed by atoms with Crippen molar-refractivity contribution in [1.29, 1.82) is 0 Å². The summed E-state index contributed by atoms with van der Waals surface area (Å²) in [7, 11) is 4.85. The molecule has 0 aliphatic carbocycles. The first kappa shape index (κ1) is 13.8. The highest BCUT2D eigenvalue weighted by Crippen LogP contribution is 2.41. The predicted octanol–water partition coefficient (Wildman–Crippen LogP) is 2.06. The fourth-order valence-electron chi connectivity index (χ4n) is 3.06. The lowest BCUT2D eigenvalue weighted by atomic mass is 9.89. The van der Waals surface area contributed by atoms with E-state index in [1.807, 2.05) is 23.1 Å². The predicted molar refractivity (Wildman–Crippen MR) is 77.4 cm³/mol. The molecule has 0 N–H and O–H groups in total. The molecule has 5 nitrogen and oxygen atoms in total. The molecule has 0 spiro atoms. The van der Waals surface area contributed by atoms with Crippen molar-refractivity contribution in [1.82, 2.24) is 4.90 Å². The summed E-state index contributed by atoms with van der Waals surface area (Å²) in [4.78, 5) is 14.1. The second kappa shape index (κ2) is 5.31. The van der Waals surface area contributed by atoms with Crippen molar-refractivity contribution in [3.63, 3.8) is 0 Å². The second-order valence-electron chi connectivity index (χ2n) is 5.20. The molecule has 0 saturated heterocycles. The Labute approximate surface area is 124 Å². The first-order valence-electron chi connectivity index (χ1n) is 6.97. The Bertz CT molecular complexity index is 609. The van der Waals surface area contributed by atoms with Crippen LogP contribution >= 0.6 is 0 Å². The van der Waals surface area contributed by atoms with Gasteiger partial charge in [0.2, 0.25) is 5.91 Å². The topological polar surface area (TPSA) is 48.0 Å². The van der Waals surface area contributed by atoms with Gasteiger partial charge in [0.15, 0.2) is 11.5 Å². The van der Waals surface area contributed by atoms with E-state index < -0.39 is 0 Å². The Morgan fingerprint density at radius 2 is 1.81 bits per heavy atom. The lowest BCUT2D eigenvalue weighted by molar-refractivity contribution is -0.134. The van der Waals surface area contributed by atoms with Crippen molar-refractivity contribution < 1.29 is 19.0 Å². The van der Waals surface area contributed by atoms with Crippen molar-refractivity contribution in [3.8, 4) is 11.5 Å². The number of methoxy groups -OCH3 is 3. The van der Waals surface area contributed by atoms with Crippen LogP contribution in [0.1, 0.15) is 23.6 Å². The van der Waals surface area contributed by atoms with E-state index in [4.69, 9.17) is 14.2 Å². The van der Waals surface area contributed by atoms with Crippen LogP contribution in [0.25, 0.3) is 0 Å². The minimum absolute atomic E-state index is 0.0789. The van der Waals surface area contributed by atoms with Gasteiger partial charge in [-0.3, -0.25) is 4.79 Å². The third-order valence-electron chi connectivity index (χ3n) is 4.17. The Hall–Kier alpha value is -2.17. The van der Waals surface area contributed by atoms with Gasteiger partial charge in [-0.2, -0.15) is 0 Å². The molecule has 3 rings (SSSR count). The number of hydrogen-bond acceptors (Lipinski definition) is 4. The largest absolute Gasteiger partial charge is 0.501 e. The molecule has 2 heterocycles. The number of fused-ring (bicyclic) bond motifs is 3. The van der Waals surface area contributed by atoms with E-state index in [9.17, 15) is 4.79 Å². The van der Waals surface area contributed by atoms with Crippen molar-refractivity contribution in [2.75, 3.05) is 27.9 Å². The second-order valence-corrected chi connectivity index (χ2v) is 5.20. The Balaban J connectivity index is 2.10. The minimum Gasteiger partial charge on any atom is -0.501 e. The van der Waals surface area contributed by atoms with Gasteiger partial charge in [0.1, 0.15) is 5.76 Å². The summed E-state index contributed by atoms with van der Waals surface area (Å²) >= 11 is 0. The molecule has 1 amide bonds. The zero-order chi connectivity index (χ0) is 15.0. The first-order chi connectivity index (χ1) is 10.2. The van der Waals surface area contributed by atoms with Crippen LogP contribution in [0.4, 0.5) is 0 Å². The molecule has 0 fully saturated rings. The van der Waals surface area contributed by atoms with Crippen LogP contribution in [0.3, 0.4) is 0 Å². The standard InChI is InChI=1S/C16H19NO4/c1-19-11-7-13-12-9-15(21-3)14(20-2)6-10(12)4-5-17(13)16(18)8-11/h6-7,9,13H,4-5,8H2,1-3H3. The number of benzene rings is 1. The van der Waals surface area contributed by atoms with Crippen LogP contribution in [0.15, 0.2) is 24.0 Å². The van der Waals surface area contributed by atoms with Gasteiger partial charge in [0.05, 0.1) is 33.8 Å². The van der Waals surface area contributed by atoms with Gasteiger partial charge in [0, 0.05) is 6.54 Å². The van der Waals surface area contributed by atoms with Gasteiger partial charge in [-0.15, -0.1) is 0 Å². The molecule has 0 saturated carbocycles. The third kappa shape index (κ3) is 2.22. The van der Waals surface area contributed by atoms with Gasteiger partial charge in [-0.1, -0.05) is 0 Å². The number of amides is 1. The molecule has 5 heteroatoms. The molecule has 2 aliphatic rings. The molecule has 0 bridgehead atoms. The van der Waals surface area contributed by atoms with E-state index in [1.54, 1.807) is 21.3 Å². The summed E-state index contributed by atoms with van der Waals surface area (Å²) < 4.78 is 16.0. The minimum atomic E-state index is -0.0789. The van der Waals surface area contributed by atoms with Crippen molar-refractivity contribution in [3.05, 3.63) is 35.1 Å². The van der Waals surface area contributed by atoms with Crippen LogP contribution in [0.2, 0.25) is 0 Å². The van der Waals surface area contributed by atoms with Gasteiger partial charge < -0.3 is 19.1 Å². The maximum Gasteiger partial charge on any atom is 0.230 e. The fraction of sp³-hybridized carbons (Fsp3) is 0.438. The Kier molecular flexibility index (Phi) is 3.49. The number of carbonyl (C=O) groups excluding carboxylic acids is 1. The molecular weight excluding hydrogens is 270 g/mol. The molecule has 112 valence electrons. The monoisotopic (exact) mass is 289 g/mol. The average Bonchev–Trinajstić information content (AvgIpc) is 2.52. The zero-order valence-electron chi connectivity index (χ0n) is 12.5. The smallest absolute Gasteiger partial charge is 0.230 e. The van der Waals surface area contributed by atoms with Gasteiger partial charge in [-0.25, -0.2) is 0 Å². The number of hydrogen-bond donors (Lipinski definition) is 0. The van der Waals surface area contributed by atoms with E-state index >= 15 is 0 Å². The molecule has 1 aromatic carbocycles. The zero-order valence-corrected chi connectivity index (χ0v) is 12.5. The summed E-state index contributed by atoms with van der Waals surface area (Å²) in [5.41, 5.74) is 2.27. The molecule has 0 radical (unpaired) electrons. The molecule has 1 atom stereocenters. The average molecular weight is 289 g/mol. The highest BCUT2D eigenvalue weighted by molar-refractivity contribution is 5.81. The summed E-state index contributed by atoms with van der Waals surface area (Å²) in [6.07, 6.45) is 3.19. The molecule has 21 heavy (non-hydrogen) atoms. The molecule has 1 aromatic rings. The van der Waals surface area contributed by atoms with Gasteiger partial charge in [0.25, 0.3) is 0 Å². The summed E-state index contributed by atoms with van der Waals surface area (Å²) in [6, 6.07) is 3.89. The molecular formula is C16H19NO4. The van der Waals surface area contributed by atoms with Crippen LogP contribution in [-0.2, 0) is 16.0 Å². The van der Waals surface area contributed by atoms with Crippen LogP contribution in [-0.4, -0.2) is 38.7 Å². The van der Waals surface area contributed by atoms with E-state index in [0.717, 1.165) is 30.0 Å². The summed E-state index contributed by atoms with van der Waals surface area (Å²) in [6.45, 7) is 0.722. The number of carbonyl (C=O) groups is 1. The normalized spacial score (nSPS) is 20.3. The van der Waals surface area contributed by atoms with Gasteiger partial charge >= 0.3 is 0 Å². The number of ether oxygens (including phenoxy) is 3. The Morgan fingerprint density at radius 3 is 2.48 bits per heavy atom. The van der Waals surface area contributed by atoms with Crippen molar-refractivity contribution in [2.45, 2.75) is 18.9 Å². The number of rotatable bonds is 3. The lowest BCUT2D eigenvalue weighted by Gasteiger charge is -2.39.